The first-order valence-electron chi connectivity index (χ1n) is 5.16. The minimum absolute atomic E-state index is 0.286. The van der Waals surface area contributed by atoms with E-state index in [1.165, 1.54) is 11.3 Å². The lowest BCUT2D eigenvalue weighted by Crippen LogP contribution is -2.30. The second-order valence-electron chi connectivity index (χ2n) is 3.49. The van der Waals surface area contributed by atoms with E-state index < -0.39 is 0 Å². The Morgan fingerprint density at radius 3 is 2.72 bits per heavy atom. The normalized spacial score (nSPS) is 10.1. The predicted octanol–water partition coefficient (Wildman–Crippen LogP) is 2.54. The fraction of sp³-hybridized carbons (Fsp3) is 0.0833. The van der Waals surface area contributed by atoms with E-state index in [0.29, 0.717) is 11.5 Å². The number of hydrogen-bond acceptors (Lipinski definition) is 4. The van der Waals surface area contributed by atoms with Gasteiger partial charge in [-0.25, -0.2) is 5.84 Å². The molecule has 0 aliphatic heterocycles. The SMILES string of the molecule is NNC(=O)c1sccc1COc1ccc(I)cc1. The third kappa shape index (κ3) is 3.21. The van der Waals surface area contributed by atoms with Crippen LogP contribution in [0.2, 0.25) is 0 Å². The first-order chi connectivity index (χ1) is 8.70. The number of hydrogen-bond donors (Lipinski definition) is 2. The zero-order valence-electron chi connectivity index (χ0n) is 9.35. The third-order valence-electron chi connectivity index (χ3n) is 2.29. The van der Waals surface area contributed by atoms with Crippen LogP contribution in [0.3, 0.4) is 0 Å². The fourth-order valence-electron chi connectivity index (χ4n) is 1.41. The van der Waals surface area contributed by atoms with Gasteiger partial charge in [-0.3, -0.25) is 10.2 Å². The van der Waals surface area contributed by atoms with Crippen LogP contribution >= 0.6 is 33.9 Å². The summed E-state index contributed by atoms with van der Waals surface area (Å²) in [6.07, 6.45) is 0. The van der Waals surface area contributed by atoms with Crippen molar-refractivity contribution in [1.29, 1.82) is 0 Å². The number of benzene rings is 1. The van der Waals surface area contributed by atoms with Crippen LogP contribution in [0.4, 0.5) is 0 Å². The second kappa shape index (κ2) is 6.17. The summed E-state index contributed by atoms with van der Waals surface area (Å²) in [5, 5.41) is 1.84. The highest BCUT2D eigenvalue weighted by Gasteiger charge is 2.12. The number of carbonyl (C=O) groups is 1. The van der Waals surface area contributed by atoms with Crippen molar-refractivity contribution in [2.24, 2.45) is 5.84 Å². The van der Waals surface area contributed by atoms with Gasteiger partial charge in [-0.05, 0) is 58.3 Å². The molecule has 4 nitrogen and oxygen atoms in total. The number of hydrazine groups is 1. The highest BCUT2D eigenvalue weighted by Crippen LogP contribution is 2.20. The molecule has 0 saturated heterocycles. The van der Waals surface area contributed by atoms with E-state index in [9.17, 15) is 4.79 Å². The Kier molecular flexibility index (Phi) is 4.56. The topological polar surface area (TPSA) is 64.3 Å². The van der Waals surface area contributed by atoms with Crippen LogP contribution in [0.5, 0.6) is 5.75 Å². The molecule has 0 spiro atoms. The number of nitrogen functional groups attached to an aromatic ring is 1. The molecule has 0 atom stereocenters. The number of nitrogens with two attached hydrogens (primary N) is 1. The van der Waals surface area contributed by atoms with Crippen molar-refractivity contribution in [2.75, 3.05) is 0 Å². The molecule has 0 radical (unpaired) electrons. The van der Waals surface area contributed by atoms with Crippen LogP contribution < -0.4 is 16.0 Å². The van der Waals surface area contributed by atoms with E-state index in [1.54, 1.807) is 0 Å². The number of nitrogens with one attached hydrogen (secondary N) is 1. The van der Waals surface area contributed by atoms with Crippen LogP contribution in [-0.2, 0) is 6.61 Å². The van der Waals surface area contributed by atoms with Gasteiger partial charge < -0.3 is 4.74 Å². The zero-order chi connectivity index (χ0) is 13.0. The van der Waals surface area contributed by atoms with Crippen LogP contribution in [0, 0.1) is 3.57 Å². The van der Waals surface area contributed by atoms with Crippen LogP contribution in [0.15, 0.2) is 35.7 Å². The molecule has 1 amide bonds. The van der Waals surface area contributed by atoms with Gasteiger partial charge in [-0.15, -0.1) is 11.3 Å². The summed E-state index contributed by atoms with van der Waals surface area (Å²) in [6.45, 7) is 0.354. The largest absolute Gasteiger partial charge is 0.489 e. The molecule has 0 aliphatic carbocycles. The van der Waals surface area contributed by atoms with Crippen molar-refractivity contribution in [2.45, 2.75) is 6.61 Å². The minimum atomic E-state index is -0.286. The Bertz CT molecular complexity index is 539. The molecule has 0 fully saturated rings. The molecule has 2 aromatic rings. The molecule has 0 bridgehead atoms. The molecule has 18 heavy (non-hydrogen) atoms. The van der Waals surface area contributed by atoms with Gasteiger partial charge in [0.25, 0.3) is 5.91 Å². The third-order valence-corrected chi connectivity index (χ3v) is 3.97. The summed E-state index contributed by atoms with van der Waals surface area (Å²) in [7, 11) is 0. The predicted molar refractivity (Wildman–Crippen MR) is 79.5 cm³/mol. The zero-order valence-corrected chi connectivity index (χ0v) is 12.3. The van der Waals surface area contributed by atoms with Crippen molar-refractivity contribution in [3.8, 4) is 5.75 Å². The van der Waals surface area contributed by atoms with Crippen molar-refractivity contribution < 1.29 is 9.53 Å². The van der Waals surface area contributed by atoms with Crippen LogP contribution in [0.1, 0.15) is 15.2 Å². The monoisotopic (exact) mass is 374 g/mol. The number of ether oxygens (including phenoxy) is 1. The molecule has 2 rings (SSSR count). The lowest BCUT2D eigenvalue weighted by molar-refractivity contribution is 0.0955. The minimum Gasteiger partial charge on any atom is -0.489 e. The quantitative estimate of drug-likeness (QED) is 0.374. The van der Waals surface area contributed by atoms with Crippen molar-refractivity contribution >= 4 is 39.8 Å². The molecular weight excluding hydrogens is 363 g/mol. The van der Waals surface area contributed by atoms with Gasteiger partial charge >= 0.3 is 0 Å². The van der Waals surface area contributed by atoms with E-state index in [2.05, 4.69) is 28.0 Å². The van der Waals surface area contributed by atoms with Gasteiger partial charge in [-0.1, -0.05) is 0 Å². The summed E-state index contributed by atoms with van der Waals surface area (Å²) < 4.78 is 6.77. The average Bonchev–Trinajstić information content (AvgIpc) is 2.85. The van der Waals surface area contributed by atoms with Gasteiger partial charge in [0.05, 0.1) is 4.88 Å². The fourth-order valence-corrected chi connectivity index (χ4v) is 2.58. The number of halogens is 1. The molecule has 0 aliphatic rings. The molecule has 6 heteroatoms. The summed E-state index contributed by atoms with van der Waals surface area (Å²) in [4.78, 5) is 12.1. The van der Waals surface area contributed by atoms with Crippen molar-refractivity contribution in [3.63, 3.8) is 0 Å². The van der Waals surface area contributed by atoms with Gasteiger partial charge in [0.15, 0.2) is 0 Å². The summed E-state index contributed by atoms with van der Waals surface area (Å²) in [5.74, 6) is 5.61. The maximum Gasteiger partial charge on any atom is 0.275 e. The van der Waals surface area contributed by atoms with Crippen molar-refractivity contribution in [1.82, 2.24) is 5.43 Å². The highest BCUT2D eigenvalue weighted by atomic mass is 127. The van der Waals surface area contributed by atoms with Gasteiger partial charge in [0.1, 0.15) is 12.4 Å². The lowest BCUT2D eigenvalue weighted by Gasteiger charge is -2.06. The second-order valence-corrected chi connectivity index (χ2v) is 5.65. The van der Waals surface area contributed by atoms with E-state index in [4.69, 9.17) is 10.6 Å². The van der Waals surface area contributed by atoms with E-state index in [1.807, 2.05) is 35.7 Å². The van der Waals surface area contributed by atoms with E-state index in [-0.39, 0.29) is 5.91 Å². The molecule has 3 N–H and O–H groups in total. The molecule has 94 valence electrons. The van der Waals surface area contributed by atoms with Crippen LogP contribution in [0.25, 0.3) is 0 Å². The number of carbonyl (C=O) groups excluding carboxylic acids is 1. The molecule has 0 unspecified atom stereocenters. The van der Waals surface area contributed by atoms with E-state index >= 15 is 0 Å². The standard InChI is InChI=1S/C12H11IN2O2S/c13-9-1-3-10(4-2-9)17-7-8-5-6-18-11(8)12(16)15-14/h1-6H,7,14H2,(H,15,16). The molecule has 1 aromatic heterocycles. The Morgan fingerprint density at radius 1 is 1.33 bits per heavy atom. The summed E-state index contributed by atoms with van der Waals surface area (Å²) >= 11 is 3.58. The Balaban J connectivity index is 2.04. The van der Waals surface area contributed by atoms with Crippen LogP contribution in [-0.4, -0.2) is 5.91 Å². The summed E-state index contributed by atoms with van der Waals surface area (Å²) in [6, 6.07) is 9.60. The molecular formula is C12H11IN2O2S. The Hall–Kier alpha value is -1.12. The van der Waals surface area contributed by atoms with Gasteiger partial charge in [-0.2, -0.15) is 0 Å². The summed E-state index contributed by atoms with van der Waals surface area (Å²) in [5.41, 5.74) is 2.96. The first-order valence-corrected chi connectivity index (χ1v) is 7.12. The van der Waals surface area contributed by atoms with Gasteiger partial charge in [0.2, 0.25) is 0 Å². The molecule has 1 aromatic carbocycles. The highest BCUT2D eigenvalue weighted by molar-refractivity contribution is 14.1. The maximum absolute atomic E-state index is 11.5. The van der Waals surface area contributed by atoms with E-state index in [0.717, 1.165) is 14.9 Å². The number of rotatable bonds is 4. The van der Waals surface area contributed by atoms with Crippen molar-refractivity contribution in [3.05, 3.63) is 49.7 Å². The lowest BCUT2D eigenvalue weighted by atomic mass is 10.2. The molecule has 0 saturated carbocycles. The number of amides is 1. The number of thiophene rings is 1. The first kappa shape index (κ1) is 13.3. The van der Waals surface area contributed by atoms with Gasteiger partial charge in [0, 0.05) is 9.13 Å². The average molecular weight is 374 g/mol. The maximum atomic E-state index is 11.5. The molecule has 1 heterocycles. The Morgan fingerprint density at radius 2 is 2.06 bits per heavy atom. The smallest absolute Gasteiger partial charge is 0.275 e. The Labute approximate surface area is 122 Å².